The summed E-state index contributed by atoms with van der Waals surface area (Å²) in [5.74, 6) is 0.143. The van der Waals surface area contributed by atoms with Gasteiger partial charge in [-0.25, -0.2) is 0 Å². The summed E-state index contributed by atoms with van der Waals surface area (Å²) in [4.78, 5) is 14.7. The van der Waals surface area contributed by atoms with Gasteiger partial charge in [-0.05, 0) is 43.9 Å². The van der Waals surface area contributed by atoms with Gasteiger partial charge in [-0.2, -0.15) is 0 Å². The molecule has 3 nitrogen and oxygen atoms in total. The Morgan fingerprint density at radius 3 is 2.25 bits per heavy atom. The van der Waals surface area contributed by atoms with Gasteiger partial charge in [-0.1, -0.05) is 54.6 Å². The zero-order chi connectivity index (χ0) is 17.2. The van der Waals surface area contributed by atoms with E-state index in [4.69, 9.17) is 0 Å². The minimum Gasteiger partial charge on any atom is -0.352 e. The molecule has 1 aliphatic rings. The van der Waals surface area contributed by atoms with E-state index in [1.54, 1.807) is 0 Å². The molecule has 2 aromatic carbocycles. The zero-order valence-corrected chi connectivity index (χ0v) is 14.8. The summed E-state index contributed by atoms with van der Waals surface area (Å²) in [6.07, 6.45) is 0.924. The summed E-state index contributed by atoms with van der Waals surface area (Å²) in [7, 11) is 0. The zero-order valence-electron chi connectivity index (χ0n) is 14.8. The number of rotatable bonds is 5. The van der Waals surface area contributed by atoms with Crippen LogP contribution in [0.15, 0.2) is 54.6 Å². The number of nitrogens with zero attached hydrogens (tertiary/aromatic N) is 1. The number of amides is 1. The van der Waals surface area contributed by atoms with E-state index >= 15 is 0 Å². The van der Waals surface area contributed by atoms with Gasteiger partial charge in [0.1, 0.15) is 0 Å². The highest BCUT2D eigenvalue weighted by Crippen LogP contribution is 2.32. The van der Waals surface area contributed by atoms with E-state index in [-0.39, 0.29) is 17.5 Å². The normalized spacial score (nSPS) is 20.7. The first-order valence-corrected chi connectivity index (χ1v) is 8.69. The Morgan fingerprint density at radius 2 is 1.71 bits per heavy atom. The standard InChI is InChI=1S/C21H26N2O/c1-16(2)22-20(24)21(3)13-14-23(21)15-17-9-11-19(12-10-17)18-7-5-4-6-8-18/h4-12,16H,13-15H2,1-3H3,(H,22,24). The van der Waals surface area contributed by atoms with Crippen molar-refractivity contribution >= 4 is 5.91 Å². The molecule has 0 aliphatic carbocycles. The number of hydrogen-bond donors (Lipinski definition) is 1. The second kappa shape index (κ2) is 6.78. The van der Waals surface area contributed by atoms with Crippen molar-refractivity contribution in [3.63, 3.8) is 0 Å². The van der Waals surface area contributed by atoms with Crippen molar-refractivity contribution in [3.05, 3.63) is 60.2 Å². The summed E-state index contributed by atoms with van der Waals surface area (Å²) in [5.41, 5.74) is 3.33. The van der Waals surface area contributed by atoms with Crippen LogP contribution in [0.2, 0.25) is 0 Å². The second-order valence-corrected chi connectivity index (χ2v) is 7.14. The number of carbonyl (C=O) groups is 1. The van der Waals surface area contributed by atoms with Crippen LogP contribution in [0.3, 0.4) is 0 Å². The highest BCUT2D eigenvalue weighted by atomic mass is 16.2. The molecule has 0 saturated carbocycles. The fraction of sp³-hybridized carbons (Fsp3) is 0.381. The van der Waals surface area contributed by atoms with Crippen LogP contribution in [0.25, 0.3) is 11.1 Å². The lowest BCUT2D eigenvalue weighted by atomic mass is 9.84. The molecule has 0 bridgehead atoms. The van der Waals surface area contributed by atoms with Crippen LogP contribution in [-0.2, 0) is 11.3 Å². The third kappa shape index (κ3) is 3.36. The SMILES string of the molecule is CC(C)NC(=O)C1(C)CCN1Cc1ccc(-c2ccccc2)cc1. The molecule has 1 N–H and O–H groups in total. The molecule has 2 aromatic rings. The molecule has 1 heterocycles. The molecular formula is C21H26N2O. The summed E-state index contributed by atoms with van der Waals surface area (Å²) in [6, 6.07) is 19.2. The van der Waals surface area contributed by atoms with Crippen molar-refractivity contribution in [1.29, 1.82) is 0 Å². The van der Waals surface area contributed by atoms with Crippen molar-refractivity contribution in [2.75, 3.05) is 6.54 Å². The van der Waals surface area contributed by atoms with Crippen LogP contribution in [0, 0.1) is 0 Å². The van der Waals surface area contributed by atoms with E-state index in [2.05, 4.69) is 58.7 Å². The maximum atomic E-state index is 12.4. The molecule has 1 aliphatic heterocycles. The van der Waals surface area contributed by atoms with Crippen LogP contribution in [-0.4, -0.2) is 28.9 Å². The smallest absolute Gasteiger partial charge is 0.240 e. The minimum atomic E-state index is -0.373. The van der Waals surface area contributed by atoms with Crippen LogP contribution >= 0.6 is 0 Å². The minimum absolute atomic E-state index is 0.143. The molecule has 3 heteroatoms. The Labute approximate surface area is 144 Å². The monoisotopic (exact) mass is 322 g/mol. The molecule has 0 radical (unpaired) electrons. The fourth-order valence-corrected chi connectivity index (χ4v) is 3.19. The van der Waals surface area contributed by atoms with Gasteiger partial charge in [0.05, 0.1) is 5.54 Å². The lowest BCUT2D eigenvalue weighted by Crippen LogP contribution is -2.65. The highest BCUT2D eigenvalue weighted by molar-refractivity contribution is 5.87. The lowest BCUT2D eigenvalue weighted by Gasteiger charge is -2.49. The molecule has 1 fully saturated rings. The molecule has 1 saturated heterocycles. The lowest BCUT2D eigenvalue weighted by molar-refractivity contribution is -0.142. The van der Waals surface area contributed by atoms with E-state index in [0.29, 0.717) is 0 Å². The van der Waals surface area contributed by atoms with Gasteiger partial charge in [0.25, 0.3) is 0 Å². The number of carbonyl (C=O) groups excluding carboxylic acids is 1. The Morgan fingerprint density at radius 1 is 1.08 bits per heavy atom. The average molecular weight is 322 g/mol. The predicted molar refractivity (Wildman–Crippen MR) is 98.6 cm³/mol. The van der Waals surface area contributed by atoms with E-state index < -0.39 is 0 Å². The molecule has 1 amide bonds. The predicted octanol–water partition coefficient (Wildman–Crippen LogP) is 3.84. The van der Waals surface area contributed by atoms with E-state index in [9.17, 15) is 4.79 Å². The molecular weight excluding hydrogens is 296 g/mol. The van der Waals surface area contributed by atoms with Gasteiger partial charge in [0, 0.05) is 19.1 Å². The van der Waals surface area contributed by atoms with Crippen LogP contribution in [0.5, 0.6) is 0 Å². The first-order valence-electron chi connectivity index (χ1n) is 8.69. The average Bonchev–Trinajstić information content (AvgIpc) is 2.58. The van der Waals surface area contributed by atoms with Crippen molar-refractivity contribution in [1.82, 2.24) is 10.2 Å². The summed E-state index contributed by atoms with van der Waals surface area (Å²) in [5, 5.41) is 3.05. The number of nitrogens with one attached hydrogen (secondary N) is 1. The quantitative estimate of drug-likeness (QED) is 0.907. The maximum Gasteiger partial charge on any atom is 0.240 e. The van der Waals surface area contributed by atoms with E-state index in [0.717, 1.165) is 19.5 Å². The molecule has 126 valence electrons. The number of benzene rings is 2. The molecule has 0 aromatic heterocycles. The Balaban J connectivity index is 1.67. The molecule has 3 rings (SSSR count). The third-order valence-corrected chi connectivity index (χ3v) is 4.91. The molecule has 1 unspecified atom stereocenters. The first kappa shape index (κ1) is 16.7. The van der Waals surface area contributed by atoms with Gasteiger partial charge in [-0.3, -0.25) is 9.69 Å². The maximum absolute atomic E-state index is 12.4. The van der Waals surface area contributed by atoms with E-state index in [1.165, 1.54) is 16.7 Å². The van der Waals surface area contributed by atoms with Crippen LogP contribution in [0.1, 0.15) is 32.8 Å². The number of hydrogen-bond acceptors (Lipinski definition) is 2. The van der Waals surface area contributed by atoms with E-state index in [1.807, 2.05) is 26.8 Å². The molecule has 0 spiro atoms. The summed E-state index contributed by atoms with van der Waals surface area (Å²) >= 11 is 0. The summed E-state index contributed by atoms with van der Waals surface area (Å²) in [6.45, 7) is 7.85. The number of likely N-dealkylation sites (tertiary alicyclic amines) is 1. The van der Waals surface area contributed by atoms with Gasteiger partial charge in [-0.15, -0.1) is 0 Å². The third-order valence-electron chi connectivity index (χ3n) is 4.91. The van der Waals surface area contributed by atoms with Crippen molar-refractivity contribution in [2.24, 2.45) is 0 Å². The van der Waals surface area contributed by atoms with Crippen molar-refractivity contribution in [2.45, 2.75) is 45.3 Å². The van der Waals surface area contributed by atoms with Crippen molar-refractivity contribution < 1.29 is 4.79 Å². The largest absolute Gasteiger partial charge is 0.352 e. The van der Waals surface area contributed by atoms with Crippen molar-refractivity contribution in [3.8, 4) is 11.1 Å². The Hall–Kier alpha value is -2.13. The van der Waals surface area contributed by atoms with Gasteiger partial charge in [0.2, 0.25) is 5.91 Å². The van der Waals surface area contributed by atoms with Gasteiger partial charge < -0.3 is 5.32 Å². The van der Waals surface area contributed by atoms with Crippen LogP contribution < -0.4 is 5.32 Å². The Bertz CT molecular complexity index is 694. The fourth-order valence-electron chi connectivity index (χ4n) is 3.19. The van der Waals surface area contributed by atoms with Gasteiger partial charge >= 0.3 is 0 Å². The second-order valence-electron chi connectivity index (χ2n) is 7.14. The first-order chi connectivity index (χ1) is 11.5. The molecule has 24 heavy (non-hydrogen) atoms. The molecule has 1 atom stereocenters. The topological polar surface area (TPSA) is 32.3 Å². The highest BCUT2D eigenvalue weighted by Gasteiger charge is 2.46. The summed E-state index contributed by atoms with van der Waals surface area (Å²) < 4.78 is 0. The van der Waals surface area contributed by atoms with Crippen LogP contribution in [0.4, 0.5) is 0 Å². The Kier molecular flexibility index (Phi) is 4.72. The van der Waals surface area contributed by atoms with Gasteiger partial charge in [0.15, 0.2) is 0 Å².